The average molecular weight is 495 g/mol. The Morgan fingerprint density at radius 3 is 2.86 bits per heavy atom. The van der Waals surface area contributed by atoms with E-state index >= 15 is 0 Å². The van der Waals surface area contributed by atoms with Crippen molar-refractivity contribution in [3.05, 3.63) is 39.7 Å². The second-order valence-corrected chi connectivity index (χ2v) is 11.3. The molecule has 0 radical (unpaired) electrons. The quantitative estimate of drug-likeness (QED) is 0.555. The number of hydrogen-bond donors (Lipinski definition) is 2. The molecule has 5 rings (SSSR count). The fourth-order valence-electron chi connectivity index (χ4n) is 5.29. The number of pyridine rings is 1. The minimum atomic E-state index is -0.129. The molecule has 0 saturated carbocycles. The molecule has 0 unspecified atom stereocenters. The molecule has 35 heavy (non-hydrogen) atoms. The molecule has 1 aliphatic carbocycles. The second-order valence-electron chi connectivity index (χ2n) is 10.3. The molecule has 3 N–H and O–H groups in total. The summed E-state index contributed by atoms with van der Waals surface area (Å²) in [7, 11) is 0. The fraction of sp³-hybridized carbons (Fsp3) is 0.538. The third-order valence-electron chi connectivity index (χ3n) is 6.98. The Hall–Kier alpha value is -2.78. The van der Waals surface area contributed by atoms with Gasteiger partial charge >= 0.3 is 0 Å². The summed E-state index contributed by atoms with van der Waals surface area (Å²) >= 11 is 1.37. The standard InChI is InChI=1S/C26H34N6O2S/c1-13(2)34-20-12-32(11-15(20)4)26-28-10-17-9-18(6-7-19(17)31-26)30-24(33)23-22(27)21-14(3)8-16(5)29-25(21)35-23/h8,10,13,15,18,20H,6-7,9,11-12,27H2,1-5H3,(H,30,33)/t15-,18+,20-/m0/s1. The first-order valence-corrected chi connectivity index (χ1v) is 13.2. The van der Waals surface area contributed by atoms with Crippen LogP contribution in [-0.2, 0) is 17.6 Å². The van der Waals surface area contributed by atoms with Crippen molar-refractivity contribution in [3.8, 4) is 0 Å². The van der Waals surface area contributed by atoms with Crippen LogP contribution in [0.25, 0.3) is 10.2 Å². The van der Waals surface area contributed by atoms with Gasteiger partial charge in [-0.2, -0.15) is 0 Å². The summed E-state index contributed by atoms with van der Waals surface area (Å²) in [6, 6.07) is 2.03. The van der Waals surface area contributed by atoms with E-state index in [2.05, 4.69) is 41.0 Å². The maximum Gasteiger partial charge on any atom is 0.263 e. The van der Waals surface area contributed by atoms with Crippen LogP contribution >= 0.6 is 11.3 Å². The predicted octanol–water partition coefficient (Wildman–Crippen LogP) is 3.82. The number of thiophene rings is 1. The second kappa shape index (κ2) is 9.35. The van der Waals surface area contributed by atoms with Crippen molar-refractivity contribution < 1.29 is 9.53 Å². The fourth-order valence-corrected chi connectivity index (χ4v) is 6.41. The lowest BCUT2D eigenvalue weighted by molar-refractivity contribution is 0.0000134. The first-order chi connectivity index (χ1) is 16.7. The maximum atomic E-state index is 13.1. The summed E-state index contributed by atoms with van der Waals surface area (Å²) in [5, 5.41) is 4.08. The molecule has 8 nitrogen and oxygen atoms in total. The third kappa shape index (κ3) is 4.71. The summed E-state index contributed by atoms with van der Waals surface area (Å²) in [4.78, 5) is 30.9. The Labute approximate surface area is 210 Å². The van der Waals surface area contributed by atoms with E-state index in [1.54, 1.807) is 0 Å². The van der Waals surface area contributed by atoms with Gasteiger partial charge < -0.3 is 20.7 Å². The normalized spacial score (nSPS) is 22.1. The van der Waals surface area contributed by atoms with Crippen LogP contribution in [0.5, 0.6) is 0 Å². The van der Waals surface area contributed by atoms with E-state index in [9.17, 15) is 4.79 Å². The summed E-state index contributed by atoms with van der Waals surface area (Å²) in [6.07, 6.45) is 4.72. The van der Waals surface area contributed by atoms with Crippen molar-refractivity contribution in [2.45, 2.75) is 72.1 Å². The highest BCUT2D eigenvalue weighted by Crippen LogP contribution is 2.35. The van der Waals surface area contributed by atoms with E-state index in [4.69, 9.17) is 15.5 Å². The SMILES string of the molecule is Cc1cc(C)c2c(N)c(C(=O)N[C@@H]3CCc4nc(N5C[C@H](OC(C)C)[C@@H](C)C5)ncc4C3)sc2n1. The lowest BCUT2D eigenvalue weighted by Gasteiger charge is -2.26. The lowest BCUT2D eigenvalue weighted by atomic mass is 9.93. The first kappa shape index (κ1) is 23.9. The highest BCUT2D eigenvalue weighted by atomic mass is 32.1. The number of amides is 1. The summed E-state index contributed by atoms with van der Waals surface area (Å²) in [5.41, 5.74) is 11.1. The molecule has 0 aromatic carbocycles. The minimum Gasteiger partial charge on any atom is -0.397 e. The van der Waals surface area contributed by atoms with E-state index in [0.29, 0.717) is 16.5 Å². The smallest absolute Gasteiger partial charge is 0.263 e. The molecule has 3 aromatic heterocycles. The van der Waals surface area contributed by atoms with E-state index in [-0.39, 0.29) is 24.2 Å². The van der Waals surface area contributed by atoms with Gasteiger partial charge in [-0.05, 0) is 64.2 Å². The molecule has 1 aliphatic heterocycles. The van der Waals surface area contributed by atoms with Crippen molar-refractivity contribution in [3.63, 3.8) is 0 Å². The highest BCUT2D eigenvalue weighted by molar-refractivity contribution is 7.21. The number of nitrogens with one attached hydrogen (secondary N) is 1. The van der Waals surface area contributed by atoms with Crippen LogP contribution in [0.2, 0.25) is 0 Å². The van der Waals surface area contributed by atoms with Gasteiger partial charge in [-0.25, -0.2) is 15.0 Å². The van der Waals surface area contributed by atoms with Gasteiger partial charge in [-0.1, -0.05) is 6.92 Å². The number of nitrogens with two attached hydrogens (primary N) is 1. The van der Waals surface area contributed by atoms with Gasteiger partial charge in [0.15, 0.2) is 0 Å². The van der Waals surface area contributed by atoms with Crippen molar-refractivity contribution in [1.29, 1.82) is 0 Å². The summed E-state index contributed by atoms with van der Waals surface area (Å²) in [5.74, 6) is 1.10. The Bertz CT molecular complexity index is 1270. The van der Waals surface area contributed by atoms with Gasteiger partial charge in [0.1, 0.15) is 9.71 Å². The van der Waals surface area contributed by atoms with Crippen LogP contribution in [-0.4, -0.2) is 52.2 Å². The van der Waals surface area contributed by atoms with Crippen LogP contribution in [0.1, 0.15) is 59.4 Å². The van der Waals surface area contributed by atoms with Crippen molar-refractivity contribution in [2.75, 3.05) is 23.7 Å². The van der Waals surface area contributed by atoms with E-state index in [1.807, 2.05) is 26.1 Å². The Kier molecular flexibility index (Phi) is 6.40. The van der Waals surface area contributed by atoms with Crippen LogP contribution in [0.3, 0.4) is 0 Å². The van der Waals surface area contributed by atoms with Gasteiger partial charge in [0.05, 0.1) is 17.9 Å². The lowest BCUT2D eigenvalue weighted by Crippen LogP contribution is -2.39. The molecule has 1 amide bonds. The number of fused-ring (bicyclic) bond motifs is 2. The number of anilines is 2. The molecule has 2 aliphatic rings. The molecular formula is C26H34N6O2S. The number of aromatic nitrogens is 3. The van der Waals surface area contributed by atoms with E-state index in [0.717, 1.165) is 71.0 Å². The zero-order valence-corrected chi connectivity index (χ0v) is 21.9. The van der Waals surface area contributed by atoms with Crippen molar-refractivity contribution in [1.82, 2.24) is 20.3 Å². The van der Waals surface area contributed by atoms with Crippen LogP contribution in [0.15, 0.2) is 12.3 Å². The molecule has 4 heterocycles. The highest BCUT2D eigenvalue weighted by Gasteiger charge is 2.33. The molecule has 0 bridgehead atoms. The first-order valence-electron chi connectivity index (χ1n) is 12.4. The molecule has 1 fully saturated rings. The number of nitrogen functional groups attached to an aromatic ring is 1. The molecule has 186 valence electrons. The molecule has 1 saturated heterocycles. The van der Waals surface area contributed by atoms with Crippen molar-refractivity contribution in [2.24, 2.45) is 5.92 Å². The Morgan fingerprint density at radius 1 is 1.29 bits per heavy atom. The van der Waals surface area contributed by atoms with Gasteiger partial charge in [0.25, 0.3) is 5.91 Å². The number of aryl methyl sites for hydroxylation is 3. The van der Waals surface area contributed by atoms with Crippen LogP contribution < -0.4 is 16.0 Å². The van der Waals surface area contributed by atoms with Gasteiger partial charge in [0.2, 0.25) is 5.95 Å². The van der Waals surface area contributed by atoms with E-state index in [1.165, 1.54) is 11.3 Å². The zero-order chi connectivity index (χ0) is 24.9. The van der Waals surface area contributed by atoms with Gasteiger partial charge in [-0.3, -0.25) is 4.79 Å². The molecule has 9 heteroatoms. The topological polar surface area (TPSA) is 106 Å². The molecule has 3 atom stereocenters. The number of rotatable bonds is 5. The molecule has 0 spiro atoms. The van der Waals surface area contributed by atoms with Crippen LogP contribution in [0, 0.1) is 19.8 Å². The molecular weight excluding hydrogens is 460 g/mol. The zero-order valence-electron chi connectivity index (χ0n) is 21.1. The number of carbonyl (C=O) groups is 1. The van der Waals surface area contributed by atoms with Gasteiger partial charge in [-0.15, -0.1) is 11.3 Å². The average Bonchev–Trinajstić information content (AvgIpc) is 3.32. The minimum absolute atomic E-state index is 0.0282. The third-order valence-corrected chi connectivity index (χ3v) is 8.07. The van der Waals surface area contributed by atoms with Gasteiger partial charge in [0, 0.05) is 48.0 Å². The van der Waals surface area contributed by atoms with E-state index < -0.39 is 0 Å². The maximum absolute atomic E-state index is 13.1. The Balaban J connectivity index is 1.27. The number of nitrogens with zero attached hydrogens (tertiary/aromatic N) is 4. The van der Waals surface area contributed by atoms with Crippen molar-refractivity contribution >= 4 is 39.1 Å². The largest absolute Gasteiger partial charge is 0.397 e. The Morgan fingerprint density at radius 2 is 2.09 bits per heavy atom. The number of hydrogen-bond acceptors (Lipinski definition) is 8. The predicted molar refractivity (Wildman–Crippen MR) is 140 cm³/mol. The monoisotopic (exact) mass is 494 g/mol. The number of carbonyl (C=O) groups excluding carboxylic acids is 1. The summed E-state index contributed by atoms with van der Waals surface area (Å²) in [6.45, 7) is 12.1. The molecule has 3 aromatic rings. The van der Waals surface area contributed by atoms with Crippen LogP contribution in [0.4, 0.5) is 11.6 Å². The number of ether oxygens (including phenoxy) is 1. The summed E-state index contributed by atoms with van der Waals surface area (Å²) < 4.78 is 6.07.